The lowest BCUT2D eigenvalue weighted by molar-refractivity contribution is 0.852. The van der Waals surface area contributed by atoms with E-state index in [2.05, 4.69) is 22.0 Å². The molecule has 0 aliphatic rings. The van der Waals surface area contributed by atoms with E-state index < -0.39 is 0 Å². The number of imidazole rings is 1. The molecule has 0 radical (unpaired) electrons. The zero-order valence-corrected chi connectivity index (χ0v) is 8.91. The molecule has 0 fully saturated rings. The molecule has 0 saturated carbocycles. The van der Waals surface area contributed by atoms with Crippen molar-refractivity contribution in [1.82, 2.24) is 24.1 Å². The van der Waals surface area contributed by atoms with Crippen LogP contribution in [0.15, 0.2) is 37.1 Å². The van der Waals surface area contributed by atoms with Gasteiger partial charge in [-0.2, -0.15) is 5.10 Å². The first-order valence-corrected chi connectivity index (χ1v) is 5.21. The highest BCUT2D eigenvalue weighted by atomic mass is 15.2. The van der Waals surface area contributed by atoms with Crippen LogP contribution in [0.25, 0.3) is 11.3 Å². The van der Waals surface area contributed by atoms with E-state index in [1.165, 1.54) is 0 Å². The monoisotopic (exact) mass is 213 g/mol. The molecule has 80 valence electrons. The third kappa shape index (κ3) is 1.21. The average Bonchev–Trinajstić information content (AvgIpc) is 2.96. The Bertz CT molecular complexity index is 622. The molecule has 0 saturated heterocycles. The summed E-state index contributed by atoms with van der Waals surface area (Å²) in [5, 5.41) is 4.19. The van der Waals surface area contributed by atoms with Gasteiger partial charge in [0.1, 0.15) is 11.3 Å². The van der Waals surface area contributed by atoms with Crippen molar-refractivity contribution in [3.63, 3.8) is 0 Å². The van der Waals surface area contributed by atoms with Crippen LogP contribution in [0.4, 0.5) is 0 Å². The van der Waals surface area contributed by atoms with E-state index in [1.54, 1.807) is 18.6 Å². The van der Waals surface area contributed by atoms with Crippen molar-refractivity contribution in [3.8, 4) is 5.82 Å². The summed E-state index contributed by atoms with van der Waals surface area (Å²) in [4.78, 5) is 8.69. The number of aromatic nitrogens is 5. The Labute approximate surface area is 92.4 Å². The van der Waals surface area contributed by atoms with E-state index in [-0.39, 0.29) is 0 Å². The summed E-state index contributed by atoms with van der Waals surface area (Å²) < 4.78 is 3.80. The molecule has 3 rings (SSSR count). The number of rotatable bonds is 2. The molecule has 3 aromatic rings. The Morgan fingerprint density at radius 2 is 2.00 bits per heavy atom. The van der Waals surface area contributed by atoms with Gasteiger partial charge in [-0.25, -0.2) is 14.5 Å². The molecular formula is C11H11N5. The third-order valence-corrected chi connectivity index (χ3v) is 2.57. The third-order valence-electron chi connectivity index (χ3n) is 2.57. The van der Waals surface area contributed by atoms with Crippen LogP contribution in [-0.2, 0) is 6.42 Å². The predicted molar refractivity (Wildman–Crippen MR) is 59.5 cm³/mol. The second-order valence-electron chi connectivity index (χ2n) is 3.48. The highest BCUT2D eigenvalue weighted by Gasteiger charge is 2.08. The Morgan fingerprint density at radius 3 is 2.88 bits per heavy atom. The van der Waals surface area contributed by atoms with Crippen molar-refractivity contribution in [3.05, 3.63) is 42.9 Å². The fourth-order valence-corrected chi connectivity index (χ4v) is 1.82. The van der Waals surface area contributed by atoms with E-state index in [4.69, 9.17) is 0 Å². The van der Waals surface area contributed by atoms with E-state index >= 15 is 0 Å². The molecular weight excluding hydrogens is 202 g/mol. The van der Waals surface area contributed by atoms with Crippen molar-refractivity contribution in [2.75, 3.05) is 0 Å². The summed E-state index contributed by atoms with van der Waals surface area (Å²) in [6.07, 6.45) is 9.94. The van der Waals surface area contributed by atoms with Gasteiger partial charge in [-0.3, -0.25) is 4.57 Å². The van der Waals surface area contributed by atoms with Crippen molar-refractivity contribution in [1.29, 1.82) is 0 Å². The van der Waals surface area contributed by atoms with Gasteiger partial charge >= 0.3 is 0 Å². The number of hydrogen-bond donors (Lipinski definition) is 0. The van der Waals surface area contributed by atoms with Gasteiger partial charge in [-0.05, 0) is 6.07 Å². The van der Waals surface area contributed by atoms with Gasteiger partial charge in [0.15, 0.2) is 5.82 Å². The zero-order valence-electron chi connectivity index (χ0n) is 8.91. The lowest BCUT2D eigenvalue weighted by Gasteiger charge is -2.06. The van der Waals surface area contributed by atoms with Crippen LogP contribution >= 0.6 is 0 Å². The van der Waals surface area contributed by atoms with Crippen molar-refractivity contribution >= 4 is 5.52 Å². The van der Waals surface area contributed by atoms with Crippen LogP contribution in [0.5, 0.6) is 0 Å². The number of nitrogens with zero attached hydrogens (tertiary/aromatic N) is 5. The van der Waals surface area contributed by atoms with Crippen molar-refractivity contribution in [2.45, 2.75) is 13.3 Å². The first-order valence-electron chi connectivity index (χ1n) is 5.21. The van der Waals surface area contributed by atoms with E-state index in [0.29, 0.717) is 0 Å². The predicted octanol–water partition coefficient (Wildman–Crippen LogP) is 1.48. The van der Waals surface area contributed by atoms with Crippen molar-refractivity contribution in [2.24, 2.45) is 0 Å². The fourth-order valence-electron chi connectivity index (χ4n) is 1.82. The normalized spacial score (nSPS) is 11.1. The molecule has 3 aromatic heterocycles. The topological polar surface area (TPSA) is 48.0 Å². The maximum absolute atomic E-state index is 4.39. The molecule has 0 aliphatic heterocycles. The fraction of sp³-hybridized carbons (Fsp3) is 0.182. The molecule has 3 heterocycles. The van der Waals surface area contributed by atoms with Crippen LogP contribution in [-0.4, -0.2) is 24.1 Å². The zero-order chi connectivity index (χ0) is 11.0. The lowest BCUT2D eigenvalue weighted by atomic mass is 10.4. The lowest BCUT2D eigenvalue weighted by Crippen LogP contribution is -2.04. The highest BCUT2D eigenvalue weighted by Crippen LogP contribution is 2.14. The summed E-state index contributed by atoms with van der Waals surface area (Å²) in [6.45, 7) is 2.08. The maximum Gasteiger partial charge on any atom is 0.164 e. The quantitative estimate of drug-likeness (QED) is 0.647. The van der Waals surface area contributed by atoms with Crippen LogP contribution in [0.3, 0.4) is 0 Å². The number of hydrogen-bond acceptors (Lipinski definition) is 3. The Balaban J connectivity index is 2.29. The summed E-state index contributed by atoms with van der Waals surface area (Å²) in [5.41, 5.74) is 0.982. The molecule has 0 aliphatic carbocycles. The van der Waals surface area contributed by atoms with E-state index in [0.717, 1.165) is 23.6 Å². The largest absolute Gasteiger partial charge is 0.286 e. The second-order valence-corrected chi connectivity index (χ2v) is 3.48. The van der Waals surface area contributed by atoms with Crippen LogP contribution in [0.2, 0.25) is 0 Å². The van der Waals surface area contributed by atoms with Gasteiger partial charge in [0.2, 0.25) is 0 Å². The molecule has 0 spiro atoms. The van der Waals surface area contributed by atoms with Crippen LogP contribution < -0.4 is 0 Å². The molecule has 16 heavy (non-hydrogen) atoms. The molecule has 0 aromatic carbocycles. The second kappa shape index (κ2) is 3.44. The first kappa shape index (κ1) is 9.08. The van der Waals surface area contributed by atoms with Crippen LogP contribution in [0, 0.1) is 0 Å². The van der Waals surface area contributed by atoms with Gasteiger partial charge in [0, 0.05) is 31.2 Å². The Hall–Kier alpha value is -2.17. The number of fused-ring (bicyclic) bond motifs is 1. The summed E-state index contributed by atoms with van der Waals surface area (Å²) in [6, 6.07) is 1.95. The summed E-state index contributed by atoms with van der Waals surface area (Å²) >= 11 is 0. The van der Waals surface area contributed by atoms with Gasteiger partial charge in [-0.15, -0.1) is 0 Å². The first-order chi connectivity index (χ1) is 7.90. The molecule has 0 unspecified atom stereocenters. The Morgan fingerprint density at radius 1 is 1.12 bits per heavy atom. The smallest absolute Gasteiger partial charge is 0.164 e. The van der Waals surface area contributed by atoms with Gasteiger partial charge in [-0.1, -0.05) is 6.92 Å². The van der Waals surface area contributed by atoms with Crippen LogP contribution in [0.1, 0.15) is 12.7 Å². The average molecular weight is 213 g/mol. The van der Waals surface area contributed by atoms with E-state index in [1.807, 2.05) is 27.5 Å². The molecule has 5 nitrogen and oxygen atoms in total. The van der Waals surface area contributed by atoms with Crippen molar-refractivity contribution < 1.29 is 0 Å². The molecule has 0 bridgehead atoms. The molecule has 0 amide bonds. The molecule has 0 N–H and O–H groups in total. The number of aryl methyl sites for hydroxylation is 1. The minimum absolute atomic E-state index is 0.870. The van der Waals surface area contributed by atoms with Gasteiger partial charge in [0.05, 0.1) is 6.20 Å². The standard InChI is InChI=1S/C11H11N5/c1-2-10-12-5-7-15(10)11-9-3-4-14-16(9)8-6-13-11/h3-8H,2H2,1H3. The van der Waals surface area contributed by atoms with E-state index in [9.17, 15) is 0 Å². The van der Waals surface area contributed by atoms with Gasteiger partial charge < -0.3 is 0 Å². The minimum atomic E-state index is 0.870. The molecule has 5 heteroatoms. The highest BCUT2D eigenvalue weighted by molar-refractivity contribution is 5.59. The summed E-state index contributed by atoms with van der Waals surface area (Å²) in [5.74, 6) is 1.87. The maximum atomic E-state index is 4.39. The van der Waals surface area contributed by atoms with Gasteiger partial charge in [0.25, 0.3) is 0 Å². The summed E-state index contributed by atoms with van der Waals surface area (Å²) in [7, 11) is 0. The Kier molecular flexibility index (Phi) is 1.96. The minimum Gasteiger partial charge on any atom is -0.286 e. The molecule has 0 atom stereocenters. The SMILES string of the molecule is CCc1nccn1-c1nccn2nccc12.